The molecule has 2 aliphatic rings. The zero-order chi connectivity index (χ0) is 22.3. The van der Waals surface area contributed by atoms with Gasteiger partial charge < -0.3 is 4.98 Å². The van der Waals surface area contributed by atoms with E-state index < -0.39 is 11.6 Å². The van der Waals surface area contributed by atoms with Gasteiger partial charge in [-0.1, -0.05) is 18.5 Å². The maximum Gasteiger partial charge on any atom is 0.154 e. The van der Waals surface area contributed by atoms with Crippen LogP contribution in [0.3, 0.4) is 0 Å². The fourth-order valence-corrected chi connectivity index (χ4v) is 6.19. The van der Waals surface area contributed by atoms with Crippen molar-refractivity contribution in [1.82, 2.24) is 15.0 Å². The van der Waals surface area contributed by atoms with Gasteiger partial charge in [0, 0.05) is 23.1 Å². The highest BCUT2D eigenvalue weighted by molar-refractivity contribution is 6.35. The van der Waals surface area contributed by atoms with Gasteiger partial charge in [0.25, 0.3) is 0 Å². The van der Waals surface area contributed by atoms with Gasteiger partial charge in [-0.15, -0.1) is 0 Å². The van der Waals surface area contributed by atoms with Crippen molar-refractivity contribution in [3.05, 3.63) is 70.4 Å². The Morgan fingerprint density at radius 2 is 1.84 bits per heavy atom. The van der Waals surface area contributed by atoms with E-state index in [1.807, 2.05) is 6.07 Å². The van der Waals surface area contributed by atoms with Gasteiger partial charge in [0.05, 0.1) is 11.0 Å². The molecule has 0 amide bonds. The van der Waals surface area contributed by atoms with Crippen molar-refractivity contribution in [1.29, 1.82) is 0 Å². The molecule has 0 aliphatic heterocycles. The summed E-state index contributed by atoms with van der Waals surface area (Å²) in [6.45, 7) is 2.14. The number of imidazole rings is 1. The fraction of sp³-hybridized carbons (Fsp3) is 0.360. The molecule has 2 aliphatic carbocycles. The highest BCUT2D eigenvalue weighted by atomic mass is 35.5. The van der Waals surface area contributed by atoms with E-state index in [4.69, 9.17) is 11.6 Å². The Labute approximate surface area is 188 Å². The molecule has 0 saturated heterocycles. The second-order valence-corrected chi connectivity index (χ2v) is 9.97. The Kier molecular flexibility index (Phi) is 4.20. The average molecular weight is 456 g/mol. The van der Waals surface area contributed by atoms with Gasteiger partial charge in [0.1, 0.15) is 28.0 Å². The van der Waals surface area contributed by atoms with Crippen LogP contribution in [-0.2, 0) is 5.41 Å². The smallest absolute Gasteiger partial charge is 0.154 e. The molecule has 0 bridgehead atoms. The molecule has 1 unspecified atom stereocenters. The number of halogens is 4. The highest BCUT2D eigenvalue weighted by Gasteiger charge is 2.66. The molecule has 2 saturated carbocycles. The van der Waals surface area contributed by atoms with Crippen LogP contribution in [0.15, 0.2) is 36.5 Å². The maximum absolute atomic E-state index is 14.3. The maximum atomic E-state index is 14.3. The molecule has 1 atom stereocenters. The fourth-order valence-electron chi connectivity index (χ4n) is 6.00. The first kappa shape index (κ1) is 20.0. The first-order chi connectivity index (χ1) is 15.3. The number of aromatic nitrogens is 3. The van der Waals surface area contributed by atoms with Crippen LogP contribution in [0.1, 0.15) is 56.3 Å². The summed E-state index contributed by atoms with van der Waals surface area (Å²) in [5.74, 6) is -0.725. The lowest BCUT2D eigenvalue weighted by Gasteiger charge is -2.32. The summed E-state index contributed by atoms with van der Waals surface area (Å²) in [6, 6.07) is 7.54. The van der Waals surface area contributed by atoms with Crippen LogP contribution < -0.4 is 0 Å². The molecule has 2 fully saturated rings. The normalized spacial score (nSPS) is 27.5. The number of nitrogens with one attached hydrogen (secondary N) is 1. The third-order valence-electron chi connectivity index (χ3n) is 7.99. The van der Waals surface area contributed by atoms with Crippen LogP contribution in [0.4, 0.5) is 13.2 Å². The van der Waals surface area contributed by atoms with Crippen molar-refractivity contribution < 1.29 is 13.2 Å². The van der Waals surface area contributed by atoms with Gasteiger partial charge in [0.2, 0.25) is 0 Å². The van der Waals surface area contributed by atoms with Crippen molar-refractivity contribution in [2.75, 3.05) is 0 Å². The zero-order valence-electron chi connectivity index (χ0n) is 17.5. The summed E-state index contributed by atoms with van der Waals surface area (Å²) in [7, 11) is 0. The summed E-state index contributed by atoms with van der Waals surface area (Å²) in [5.41, 5.74) is 2.13. The Morgan fingerprint density at radius 1 is 1.06 bits per heavy atom. The van der Waals surface area contributed by atoms with Crippen molar-refractivity contribution in [3.63, 3.8) is 0 Å². The molecule has 4 aromatic rings. The van der Waals surface area contributed by atoms with Crippen molar-refractivity contribution in [3.8, 4) is 0 Å². The summed E-state index contributed by atoms with van der Waals surface area (Å²) >= 11 is 6.06. The number of hydrogen-bond acceptors (Lipinski definition) is 2. The highest BCUT2D eigenvalue weighted by Crippen LogP contribution is 2.71. The van der Waals surface area contributed by atoms with Gasteiger partial charge in [-0.05, 0) is 73.3 Å². The topological polar surface area (TPSA) is 41.6 Å². The predicted octanol–water partition coefficient (Wildman–Crippen LogP) is 7.19. The number of rotatable bonds is 2. The number of fused-ring (bicyclic) bond motifs is 2. The Hall–Kier alpha value is -2.60. The minimum atomic E-state index is -0.788. The van der Waals surface area contributed by atoms with E-state index >= 15 is 0 Å². The Bertz CT molecular complexity index is 1390. The van der Waals surface area contributed by atoms with Crippen LogP contribution >= 0.6 is 11.6 Å². The molecular weight excluding hydrogens is 435 g/mol. The first-order valence-electron chi connectivity index (χ1n) is 10.9. The number of pyridine rings is 1. The lowest BCUT2D eigenvalue weighted by molar-refractivity contribution is 0.269. The summed E-state index contributed by atoms with van der Waals surface area (Å²) in [5, 5.41) is 0.760. The van der Waals surface area contributed by atoms with E-state index in [9.17, 15) is 13.2 Å². The summed E-state index contributed by atoms with van der Waals surface area (Å²) in [4.78, 5) is 12.0. The zero-order valence-corrected chi connectivity index (χ0v) is 18.2. The van der Waals surface area contributed by atoms with Crippen molar-refractivity contribution in [2.45, 2.75) is 50.4 Å². The predicted molar refractivity (Wildman–Crippen MR) is 118 cm³/mol. The molecule has 3 nitrogen and oxygen atoms in total. The second-order valence-electron chi connectivity index (χ2n) is 9.59. The molecule has 0 radical (unpaired) electrons. The van der Waals surface area contributed by atoms with Crippen molar-refractivity contribution >= 4 is 33.5 Å². The number of aromatic amines is 1. The lowest BCUT2D eigenvalue weighted by Crippen LogP contribution is -2.23. The molecule has 6 rings (SSSR count). The number of hydrogen-bond donors (Lipinski definition) is 1. The number of H-pyrrole nitrogens is 1. The molecular formula is C25H21ClF3N3. The molecule has 1 spiro atoms. The molecule has 2 aromatic carbocycles. The van der Waals surface area contributed by atoms with E-state index in [0.717, 1.165) is 54.6 Å². The quantitative estimate of drug-likeness (QED) is 0.325. The summed E-state index contributed by atoms with van der Waals surface area (Å²) in [6.07, 6.45) is 6.70. The van der Waals surface area contributed by atoms with Gasteiger partial charge in [-0.2, -0.15) is 0 Å². The van der Waals surface area contributed by atoms with E-state index in [-0.39, 0.29) is 32.7 Å². The SMILES string of the molecule is CC1(c2nc3c(F)cc(F)c(Cl)c3[nH]2)CC12CCC(c1ccnc3ccc(F)cc13)CC2. The molecule has 7 heteroatoms. The largest absolute Gasteiger partial charge is 0.340 e. The van der Waals surface area contributed by atoms with E-state index in [1.165, 1.54) is 6.07 Å². The molecule has 2 heterocycles. The van der Waals surface area contributed by atoms with Crippen LogP contribution in [0, 0.1) is 22.9 Å². The number of nitrogens with zero attached hydrogens (tertiary/aromatic N) is 2. The van der Waals surface area contributed by atoms with Crippen LogP contribution in [-0.4, -0.2) is 15.0 Å². The number of benzene rings is 2. The van der Waals surface area contributed by atoms with Crippen molar-refractivity contribution in [2.24, 2.45) is 5.41 Å². The molecule has 164 valence electrons. The minimum Gasteiger partial charge on any atom is -0.340 e. The van der Waals surface area contributed by atoms with E-state index in [1.54, 1.807) is 18.3 Å². The third kappa shape index (κ3) is 2.75. The van der Waals surface area contributed by atoms with Gasteiger partial charge in [-0.25, -0.2) is 18.2 Å². The lowest BCUT2D eigenvalue weighted by atomic mass is 9.73. The molecule has 2 aromatic heterocycles. The van der Waals surface area contributed by atoms with Gasteiger partial charge in [-0.3, -0.25) is 4.98 Å². The Morgan fingerprint density at radius 3 is 2.62 bits per heavy atom. The standard InChI is InChI=1S/C25H21ClF3N3/c1-24(23-31-21-18(29)11-17(28)20(26)22(21)32-23)12-25(24)7-4-13(5-8-25)15-6-9-30-19-3-2-14(27)10-16(15)19/h2-3,6,9-11,13H,4-5,7-8,12H2,1H3,(H,31,32). The molecule has 32 heavy (non-hydrogen) atoms. The average Bonchev–Trinajstić information content (AvgIpc) is 3.13. The van der Waals surface area contributed by atoms with Crippen LogP contribution in [0.5, 0.6) is 0 Å². The Balaban J connectivity index is 1.29. The monoisotopic (exact) mass is 455 g/mol. The third-order valence-corrected chi connectivity index (χ3v) is 8.36. The van der Waals surface area contributed by atoms with Gasteiger partial charge in [0.15, 0.2) is 5.82 Å². The van der Waals surface area contributed by atoms with Gasteiger partial charge >= 0.3 is 0 Å². The van der Waals surface area contributed by atoms with E-state index in [2.05, 4.69) is 21.9 Å². The van der Waals surface area contributed by atoms with Crippen LogP contribution in [0.2, 0.25) is 5.02 Å². The minimum absolute atomic E-state index is 0.0763. The first-order valence-corrected chi connectivity index (χ1v) is 11.3. The molecule has 1 N–H and O–H groups in total. The van der Waals surface area contributed by atoms with E-state index in [0.29, 0.717) is 11.7 Å². The second kappa shape index (κ2) is 6.70. The van der Waals surface area contributed by atoms with Crippen LogP contribution in [0.25, 0.3) is 21.9 Å². The summed E-state index contributed by atoms with van der Waals surface area (Å²) < 4.78 is 42.0.